The van der Waals surface area contributed by atoms with E-state index in [0.29, 0.717) is 5.84 Å². The van der Waals surface area contributed by atoms with Gasteiger partial charge in [-0.25, -0.2) is 4.21 Å². The maximum absolute atomic E-state index is 13.0. The number of nitrogens with one attached hydrogen (secondary N) is 2. The van der Waals surface area contributed by atoms with E-state index in [9.17, 15) is 14.1 Å². The minimum Gasteiger partial charge on any atom is -0.505 e. The lowest BCUT2D eigenvalue weighted by Gasteiger charge is -2.32. The summed E-state index contributed by atoms with van der Waals surface area (Å²) in [5, 5.41) is 17.6. The fourth-order valence-corrected chi connectivity index (χ4v) is 4.53. The molecule has 1 aliphatic rings. The molecular formula is C26H35N5O3S. The molecule has 2 atom stereocenters. The fourth-order valence-electron chi connectivity index (χ4n) is 3.91. The zero-order valence-corrected chi connectivity index (χ0v) is 22.4. The highest BCUT2D eigenvalue weighted by molar-refractivity contribution is 7.83. The van der Waals surface area contributed by atoms with Gasteiger partial charge in [0.05, 0.1) is 17.3 Å². The van der Waals surface area contributed by atoms with Gasteiger partial charge in [-0.15, -0.1) is 8.80 Å². The van der Waals surface area contributed by atoms with E-state index >= 15 is 0 Å². The van der Waals surface area contributed by atoms with Gasteiger partial charge >= 0.3 is 0 Å². The number of rotatable bonds is 4. The molecule has 1 unspecified atom stereocenters. The number of carbonyl (C=O) groups is 1. The minimum atomic E-state index is -1.81. The molecule has 0 aromatic heterocycles. The molecule has 0 aliphatic carbocycles. The molecule has 1 amide bonds. The smallest absolute Gasteiger partial charge is 0.269 e. The van der Waals surface area contributed by atoms with Crippen molar-refractivity contribution >= 4 is 34.4 Å². The third-order valence-corrected chi connectivity index (χ3v) is 6.38. The molecule has 35 heavy (non-hydrogen) atoms. The molecule has 3 rings (SSSR count). The van der Waals surface area contributed by atoms with E-state index in [1.165, 1.54) is 4.90 Å². The average Bonchev–Trinajstić information content (AvgIpc) is 3.10. The van der Waals surface area contributed by atoms with Gasteiger partial charge in [0.1, 0.15) is 0 Å². The van der Waals surface area contributed by atoms with Gasteiger partial charge in [-0.2, -0.15) is 0 Å². The van der Waals surface area contributed by atoms with Crippen molar-refractivity contribution in [2.75, 3.05) is 19.4 Å². The first kappa shape index (κ1) is 26.4. The molecule has 0 spiro atoms. The normalized spacial score (nSPS) is 16.9. The highest BCUT2D eigenvalue weighted by Gasteiger charge is 2.32. The van der Waals surface area contributed by atoms with Crippen molar-refractivity contribution in [3.63, 3.8) is 0 Å². The van der Waals surface area contributed by atoms with Crippen LogP contribution in [0.2, 0.25) is 0 Å². The molecule has 0 saturated heterocycles. The predicted octanol–water partition coefficient (Wildman–Crippen LogP) is 4.57. The van der Waals surface area contributed by atoms with E-state index in [4.69, 9.17) is 0 Å². The van der Waals surface area contributed by atoms with Crippen LogP contribution in [-0.2, 0) is 16.6 Å². The number of hydrogen-bond acceptors (Lipinski definition) is 5. The Hall–Kier alpha value is -3.20. The van der Waals surface area contributed by atoms with E-state index in [-0.39, 0.29) is 45.6 Å². The molecule has 3 N–H and O–H groups in total. The number of hydrogen-bond donors (Lipinski definition) is 3. The van der Waals surface area contributed by atoms with Gasteiger partial charge in [0, 0.05) is 14.1 Å². The largest absolute Gasteiger partial charge is 0.505 e. The first-order valence-corrected chi connectivity index (χ1v) is 12.5. The molecule has 8 nitrogen and oxygen atoms in total. The Labute approximate surface area is 210 Å². The molecule has 1 heterocycles. The topological polar surface area (TPSA) is 106 Å². The Morgan fingerprint density at radius 3 is 2.11 bits per heavy atom. The average molecular weight is 498 g/mol. The van der Waals surface area contributed by atoms with Gasteiger partial charge in [-0.05, 0) is 28.0 Å². The number of amides is 1. The first-order chi connectivity index (χ1) is 16.2. The summed E-state index contributed by atoms with van der Waals surface area (Å²) < 4.78 is 20.6. The van der Waals surface area contributed by atoms with E-state index in [1.807, 2.05) is 57.2 Å². The molecule has 9 heteroatoms. The molecule has 0 fully saturated rings. The summed E-state index contributed by atoms with van der Waals surface area (Å²) >= 11 is -1.81. The van der Waals surface area contributed by atoms with E-state index in [1.54, 1.807) is 20.2 Å². The second kappa shape index (κ2) is 9.81. The lowest BCUT2D eigenvalue weighted by atomic mass is 9.82. The van der Waals surface area contributed by atoms with E-state index in [0.717, 1.165) is 11.1 Å². The Bertz CT molecular complexity index is 1190. The number of amidine groups is 2. The number of phenolic OH excluding ortho intramolecular Hbond substituents is 1. The Morgan fingerprint density at radius 2 is 1.57 bits per heavy atom. The molecule has 0 radical (unpaired) electrons. The van der Waals surface area contributed by atoms with Gasteiger partial charge in [0.2, 0.25) is 0 Å². The summed E-state index contributed by atoms with van der Waals surface area (Å²) in [4.78, 5) is 14.4. The van der Waals surface area contributed by atoms with Gasteiger partial charge in [-0.3, -0.25) is 4.79 Å². The van der Waals surface area contributed by atoms with Crippen LogP contribution in [-0.4, -0.2) is 45.9 Å². The fraction of sp³-hybridized carbons (Fsp3) is 0.423. The Balaban J connectivity index is 1.98. The third kappa shape index (κ3) is 5.90. The second-order valence-corrected chi connectivity index (χ2v) is 11.8. The summed E-state index contributed by atoms with van der Waals surface area (Å²) in [5.41, 5.74) is 1.71. The third-order valence-electron chi connectivity index (χ3n) is 5.70. The van der Waals surface area contributed by atoms with Crippen molar-refractivity contribution in [2.45, 2.75) is 53.0 Å². The van der Waals surface area contributed by atoms with Crippen LogP contribution in [0.25, 0.3) is 0 Å². The second-order valence-electron chi connectivity index (χ2n) is 10.9. The first-order valence-electron chi connectivity index (χ1n) is 11.5. The van der Waals surface area contributed by atoms with Crippen LogP contribution >= 0.6 is 0 Å². The summed E-state index contributed by atoms with van der Waals surface area (Å²) in [6.07, 6.45) is 0. The van der Waals surface area contributed by atoms with Crippen LogP contribution in [0.5, 0.6) is 5.75 Å². The van der Waals surface area contributed by atoms with Gasteiger partial charge in [-0.1, -0.05) is 77.9 Å². The van der Waals surface area contributed by atoms with Crippen LogP contribution in [0.1, 0.15) is 69.1 Å². The van der Waals surface area contributed by atoms with Crippen molar-refractivity contribution in [3.05, 3.63) is 59.2 Å². The molecule has 1 aliphatic heterocycles. The standard InChI is InChI=1S/C26H35N5O3S/c1-25(2,3)17-14-15-18(20(32)19(17)24(33)31(7)8)27-22-23(30-35(34)29-22)28-21(26(4,5)6)16-12-10-9-11-13-16/h9-15,21,32H,1-8H3,(H,27,29)(H,28,30)/t21-,35?/m0/s1. The van der Waals surface area contributed by atoms with Crippen LogP contribution < -0.4 is 10.6 Å². The predicted molar refractivity (Wildman–Crippen MR) is 143 cm³/mol. The minimum absolute atomic E-state index is 0.146. The highest BCUT2D eigenvalue weighted by Crippen LogP contribution is 2.38. The van der Waals surface area contributed by atoms with Crippen LogP contribution in [0, 0.1) is 5.41 Å². The molecule has 188 valence electrons. The van der Waals surface area contributed by atoms with Crippen molar-refractivity contribution in [1.29, 1.82) is 0 Å². The zero-order valence-electron chi connectivity index (χ0n) is 21.6. The zero-order chi connectivity index (χ0) is 26.1. The number of carbonyl (C=O) groups excluding carboxylic acids is 1. The molecular weight excluding hydrogens is 462 g/mol. The quantitative estimate of drug-likeness (QED) is 0.537. The molecule has 0 bridgehead atoms. The van der Waals surface area contributed by atoms with Crippen molar-refractivity contribution in [2.24, 2.45) is 14.2 Å². The van der Waals surface area contributed by atoms with Gasteiger partial charge < -0.3 is 20.6 Å². The van der Waals surface area contributed by atoms with Gasteiger partial charge in [0.25, 0.3) is 17.1 Å². The summed E-state index contributed by atoms with van der Waals surface area (Å²) in [5.74, 6) is 0.0608. The molecule has 0 saturated carbocycles. The monoisotopic (exact) mass is 497 g/mol. The van der Waals surface area contributed by atoms with Crippen molar-refractivity contribution < 1.29 is 14.1 Å². The number of anilines is 1. The number of nitrogens with zero attached hydrogens (tertiary/aromatic N) is 3. The molecule has 2 aromatic carbocycles. The SMILES string of the molecule is CN(C)C(=O)c1c(C(C)(C)C)ccc(NC2=NS(=O)N=C2N[C@@H](c2ccccc2)C(C)(C)C)c1O. The van der Waals surface area contributed by atoms with Crippen molar-refractivity contribution in [3.8, 4) is 5.75 Å². The van der Waals surface area contributed by atoms with Crippen LogP contribution in [0.3, 0.4) is 0 Å². The Morgan fingerprint density at radius 1 is 0.971 bits per heavy atom. The summed E-state index contributed by atoms with van der Waals surface area (Å²) in [6, 6.07) is 13.3. The van der Waals surface area contributed by atoms with Gasteiger partial charge in [0.15, 0.2) is 17.4 Å². The number of phenols is 1. The van der Waals surface area contributed by atoms with E-state index < -0.39 is 11.2 Å². The summed E-state index contributed by atoms with van der Waals surface area (Å²) in [7, 11) is 3.28. The lowest BCUT2D eigenvalue weighted by Crippen LogP contribution is -2.41. The van der Waals surface area contributed by atoms with Crippen LogP contribution in [0.15, 0.2) is 51.3 Å². The van der Waals surface area contributed by atoms with E-state index in [2.05, 4.69) is 40.2 Å². The maximum atomic E-state index is 13.0. The number of aromatic hydroxyl groups is 1. The van der Waals surface area contributed by atoms with Crippen molar-refractivity contribution in [1.82, 2.24) is 10.2 Å². The maximum Gasteiger partial charge on any atom is 0.269 e. The van der Waals surface area contributed by atoms with Crippen LogP contribution in [0.4, 0.5) is 5.69 Å². The highest BCUT2D eigenvalue weighted by atomic mass is 32.2. The lowest BCUT2D eigenvalue weighted by molar-refractivity contribution is 0.0822. The summed E-state index contributed by atoms with van der Waals surface area (Å²) in [6.45, 7) is 12.3. The molecule has 2 aromatic rings. The Kier molecular flexibility index (Phi) is 7.40. The number of benzene rings is 2.